The van der Waals surface area contributed by atoms with E-state index in [1.54, 1.807) is 0 Å². The summed E-state index contributed by atoms with van der Waals surface area (Å²) in [5, 5.41) is 0. The Balaban J connectivity index is 0. The van der Waals surface area contributed by atoms with Crippen molar-refractivity contribution in [1.82, 2.24) is 0 Å². The van der Waals surface area contributed by atoms with E-state index in [0.717, 1.165) is 25.9 Å². The van der Waals surface area contributed by atoms with Gasteiger partial charge in [0.2, 0.25) is 0 Å². The Kier molecular flexibility index (Phi) is 17.5. The molecule has 0 spiro atoms. The van der Waals surface area contributed by atoms with Crippen LogP contribution in [0.1, 0.15) is 67.7 Å². The van der Waals surface area contributed by atoms with Crippen LogP contribution in [0.3, 0.4) is 0 Å². The summed E-state index contributed by atoms with van der Waals surface area (Å²) in [6.07, 6.45) is 3.14. The van der Waals surface area contributed by atoms with Gasteiger partial charge in [-0.05, 0) is 33.6 Å². The fourth-order valence-electron chi connectivity index (χ4n) is 1.55. The number of rotatable bonds is 11. The Morgan fingerprint density at radius 2 is 1.33 bits per heavy atom. The van der Waals surface area contributed by atoms with Crippen LogP contribution in [0.25, 0.3) is 0 Å². The van der Waals surface area contributed by atoms with Gasteiger partial charge in [0, 0.05) is 20.5 Å². The Hall–Kier alpha value is -1.14. The molecule has 144 valence electrons. The highest BCUT2D eigenvalue weighted by Crippen LogP contribution is 1.99. The Morgan fingerprint density at radius 1 is 0.833 bits per heavy atom. The van der Waals surface area contributed by atoms with Gasteiger partial charge in [0.1, 0.15) is 12.2 Å². The molecule has 0 amide bonds. The van der Waals surface area contributed by atoms with Crippen molar-refractivity contribution in [3.8, 4) is 0 Å². The number of hydrogen-bond acceptors (Lipinski definition) is 6. The van der Waals surface area contributed by atoms with Gasteiger partial charge in [-0.15, -0.1) is 0 Å². The lowest BCUT2D eigenvalue weighted by Gasteiger charge is -2.15. The molecular formula is C18H36O6. The molecule has 0 aliphatic heterocycles. The Bertz CT molecular complexity index is 319. The van der Waals surface area contributed by atoms with Gasteiger partial charge in [-0.2, -0.15) is 0 Å². The summed E-state index contributed by atoms with van der Waals surface area (Å²) in [7, 11) is 0. The predicted octanol–water partition coefficient (Wildman–Crippen LogP) is 3.51. The Labute approximate surface area is 147 Å². The highest BCUT2D eigenvalue weighted by atomic mass is 16.6. The summed E-state index contributed by atoms with van der Waals surface area (Å²) in [6, 6.07) is 0. The van der Waals surface area contributed by atoms with E-state index in [0.29, 0.717) is 13.2 Å². The third-order valence-corrected chi connectivity index (χ3v) is 2.92. The largest absolute Gasteiger partial charge is 0.460 e. The van der Waals surface area contributed by atoms with E-state index in [2.05, 4.69) is 13.8 Å². The molecule has 0 aromatic carbocycles. The van der Waals surface area contributed by atoms with Crippen molar-refractivity contribution in [2.45, 2.75) is 86.0 Å². The smallest absolute Gasteiger partial charge is 0.302 e. The second kappa shape index (κ2) is 16.7. The Morgan fingerprint density at radius 3 is 1.75 bits per heavy atom. The van der Waals surface area contributed by atoms with Gasteiger partial charge in [0.25, 0.3) is 0 Å². The van der Waals surface area contributed by atoms with Crippen molar-refractivity contribution in [2.24, 2.45) is 0 Å². The number of carbonyl (C=O) groups is 2. The van der Waals surface area contributed by atoms with Crippen molar-refractivity contribution >= 4 is 11.9 Å². The molecule has 0 saturated carbocycles. The number of ether oxygens (including phenoxy) is 4. The minimum absolute atomic E-state index is 0.126. The van der Waals surface area contributed by atoms with E-state index in [1.165, 1.54) is 13.8 Å². The molecule has 3 unspecified atom stereocenters. The van der Waals surface area contributed by atoms with Gasteiger partial charge < -0.3 is 18.9 Å². The average molecular weight is 348 g/mol. The topological polar surface area (TPSA) is 71.1 Å². The highest BCUT2D eigenvalue weighted by molar-refractivity contribution is 5.66. The van der Waals surface area contributed by atoms with Crippen LogP contribution in [0, 0.1) is 0 Å². The maximum Gasteiger partial charge on any atom is 0.302 e. The molecule has 0 aromatic heterocycles. The lowest BCUT2D eigenvalue weighted by atomic mass is 10.3. The van der Waals surface area contributed by atoms with Crippen molar-refractivity contribution < 1.29 is 28.5 Å². The van der Waals surface area contributed by atoms with Crippen molar-refractivity contribution in [1.29, 1.82) is 0 Å². The predicted molar refractivity (Wildman–Crippen MR) is 93.9 cm³/mol. The van der Waals surface area contributed by atoms with E-state index in [4.69, 9.17) is 18.9 Å². The van der Waals surface area contributed by atoms with Crippen molar-refractivity contribution in [3.63, 3.8) is 0 Å². The van der Waals surface area contributed by atoms with Crippen LogP contribution in [-0.2, 0) is 28.5 Å². The summed E-state index contributed by atoms with van der Waals surface area (Å²) in [6.45, 7) is 14.4. The van der Waals surface area contributed by atoms with Crippen LogP contribution in [0.15, 0.2) is 0 Å². The molecule has 0 saturated heterocycles. The summed E-state index contributed by atoms with van der Waals surface area (Å²) >= 11 is 0. The minimum atomic E-state index is -0.254. The second-order valence-corrected chi connectivity index (χ2v) is 5.82. The highest BCUT2D eigenvalue weighted by Gasteiger charge is 2.07. The first-order chi connectivity index (χ1) is 11.2. The fourth-order valence-corrected chi connectivity index (χ4v) is 1.55. The van der Waals surface area contributed by atoms with E-state index >= 15 is 0 Å². The quantitative estimate of drug-likeness (QED) is 0.420. The molecular weight excluding hydrogens is 312 g/mol. The summed E-state index contributed by atoms with van der Waals surface area (Å²) in [5.41, 5.74) is 0. The van der Waals surface area contributed by atoms with E-state index in [9.17, 15) is 9.59 Å². The zero-order chi connectivity index (χ0) is 19.0. The van der Waals surface area contributed by atoms with Crippen LogP contribution in [0.4, 0.5) is 0 Å². The van der Waals surface area contributed by atoms with E-state index in [1.807, 2.05) is 20.8 Å². The molecule has 0 rings (SSSR count). The van der Waals surface area contributed by atoms with E-state index < -0.39 is 0 Å². The van der Waals surface area contributed by atoms with Crippen LogP contribution < -0.4 is 0 Å². The SMILES string of the molecule is CCC(C)OCC(C)OC(C)=O.CCCCOCC(C)OC(C)=O. The molecule has 0 aliphatic carbocycles. The molecule has 0 bridgehead atoms. The zero-order valence-electron chi connectivity index (χ0n) is 16.4. The van der Waals surface area contributed by atoms with E-state index in [-0.39, 0.29) is 30.3 Å². The molecule has 24 heavy (non-hydrogen) atoms. The molecule has 0 heterocycles. The molecule has 6 heteroatoms. The van der Waals surface area contributed by atoms with Crippen LogP contribution in [-0.4, -0.2) is 50.1 Å². The molecule has 0 aliphatic rings. The third kappa shape index (κ3) is 20.9. The first-order valence-corrected chi connectivity index (χ1v) is 8.76. The zero-order valence-corrected chi connectivity index (χ0v) is 16.4. The van der Waals surface area contributed by atoms with Gasteiger partial charge >= 0.3 is 11.9 Å². The third-order valence-electron chi connectivity index (χ3n) is 2.92. The van der Waals surface area contributed by atoms with Crippen LogP contribution in [0.2, 0.25) is 0 Å². The summed E-state index contributed by atoms with van der Waals surface area (Å²) in [5.74, 6) is -0.503. The molecule has 6 nitrogen and oxygen atoms in total. The monoisotopic (exact) mass is 348 g/mol. The number of unbranched alkanes of at least 4 members (excludes halogenated alkanes) is 1. The minimum Gasteiger partial charge on any atom is -0.460 e. The standard InChI is InChI=1S/2C9H18O3/c1-5-7(2)11-6-8(3)12-9(4)10;1-4-5-6-11-7-8(2)12-9(3)10/h7-8H,5-6H2,1-4H3;8H,4-7H2,1-3H3. The average Bonchev–Trinajstić information content (AvgIpc) is 2.48. The maximum atomic E-state index is 10.5. The van der Waals surface area contributed by atoms with Crippen LogP contribution in [0.5, 0.6) is 0 Å². The number of carbonyl (C=O) groups excluding carboxylic acids is 2. The molecule has 0 aromatic rings. The maximum absolute atomic E-state index is 10.5. The lowest BCUT2D eigenvalue weighted by molar-refractivity contribution is -0.149. The van der Waals surface area contributed by atoms with Gasteiger partial charge in [-0.3, -0.25) is 9.59 Å². The van der Waals surface area contributed by atoms with Gasteiger partial charge in [0.05, 0.1) is 19.3 Å². The lowest BCUT2D eigenvalue weighted by Crippen LogP contribution is -2.21. The van der Waals surface area contributed by atoms with Crippen molar-refractivity contribution in [2.75, 3.05) is 19.8 Å². The number of esters is 2. The first kappa shape index (κ1) is 25.1. The second-order valence-electron chi connectivity index (χ2n) is 5.82. The normalized spacial score (nSPS) is 14.0. The van der Waals surface area contributed by atoms with Gasteiger partial charge in [0.15, 0.2) is 0 Å². The first-order valence-electron chi connectivity index (χ1n) is 8.76. The molecule has 0 radical (unpaired) electrons. The summed E-state index contributed by atoms with van der Waals surface area (Å²) < 4.78 is 20.4. The fraction of sp³-hybridized carbons (Fsp3) is 0.889. The van der Waals surface area contributed by atoms with Crippen molar-refractivity contribution in [3.05, 3.63) is 0 Å². The molecule has 3 atom stereocenters. The molecule has 0 fully saturated rings. The van der Waals surface area contributed by atoms with Gasteiger partial charge in [-0.25, -0.2) is 0 Å². The van der Waals surface area contributed by atoms with Gasteiger partial charge in [-0.1, -0.05) is 20.3 Å². The molecule has 0 N–H and O–H groups in total. The number of hydrogen-bond donors (Lipinski definition) is 0. The summed E-state index contributed by atoms with van der Waals surface area (Å²) in [4.78, 5) is 21.0. The van der Waals surface area contributed by atoms with Crippen LogP contribution >= 0.6 is 0 Å².